The number of rotatable bonds is 4. The van der Waals surface area contributed by atoms with Gasteiger partial charge in [0.25, 0.3) is 0 Å². The Hall–Kier alpha value is -1.94. The largest absolute Gasteiger partial charge is 0.508 e. The van der Waals surface area contributed by atoms with Crippen LogP contribution in [-0.2, 0) is 6.54 Å². The number of nitrogens with one attached hydrogen (secondary N) is 1. The van der Waals surface area contributed by atoms with Gasteiger partial charge >= 0.3 is 0 Å². The van der Waals surface area contributed by atoms with Crippen molar-refractivity contribution in [2.75, 3.05) is 12.4 Å². The van der Waals surface area contributed by atoms with Crippen molar-refractivity contribution in [3.05, 3.63) is 47.0 Å². The zero-order valence-electron chi connectivity index (χ0n) is 9.85. The van der Waals surface area contributed by atoms with E-state index in [0.717, 1.165) is 5.56 Å². The Morgan fingerprint density at radius 1 is 1.33 bits per heavy atom. The van der Waals surface area contributed by atoms with Gasteiger partial charge in [-0.15, -0.1) is 0 Å². The van der Waals surface area contributed by atoms with Gasteiger partial charge in [-0.1, -0.05) is 23.7 Å². The molecule has 0 aliphatic rings. The first kappa shape index (κ1) is 12.5. The summed E-state index contributed by atoms with van der Waals surface area (Å²) in [6.45, 7) is 0.461. The van der Waals surface area contributed by atoms with Crippen molar-refractivity contribution in [2.24, 2.45) is 0 Å². The molecular formula is C13H13ClN2O2. The number of hydrogen-bond acceptors (Lipinski definition) is 4. The average molecular weight is 265 g/mol. The van der Waals surface area contributed by atoms with Crippen molar-refractivity contribution in [3.63, 3.8) is 0 Å². The third-order valence-corrected chi connectivity index (χ3v) is 2.68. The Labute approximate surface area is 110 Å². The molecule has 1 aromatic heterocycles. The highest BCUT2D eigenvalue weighted by atomic mass is 35.5. The molecule has 0 amide bonds. The zero-order valence-corrected chi connectivity index (χ0v) is 10.6. The predicted molar refractivity (Wildman–Crippen MR) is 71.2 cm³/mol. The highest BCUT2D eigenvalue weighted by Crippen LogP contribution is 2.22. The van der Waals surface area contributed by atoms with Gasteiger partial charge in [0.05, 0.1) is 7.11 Å². The second-order valence-electron chi connectivity index (χ2n) is 3.69. The molecule has 0 saturated carbocycles. The molecule has 18 heavy (non-hydrogen) atoms. The van der Waals surface area contributed by atoms with E-state index >= 15 is 0 Å². The summed E-state index contributed by atoms with van der Waals surface area (Å²) in [5.41, 5.74) is 0.754. The fourth-order valence-corrected chi connectivity index (χ4v) is 1.67. The lowest BCUT2D eigenvalue weighted by molar-refractivity contribution is 0.398. The van der Waals surface area contributed by atoms with Crippen LogP contribution >= 0.6 is 11.6 Å². The molecule has 0 unspecified atom stereocenters. The summed E-state index contributed by atoms with van der Waals surface area (Å²) >= 11 is 5.76. The number of aromatic nitrogens is 1. The summed E-state index contributed by atoms with van der Waals surface area (Å²) in [6, 6.07) is 10.5. The minimum atomic E-state index is 0.165. The molecule has 2 rings (SSSR count). The van der Waals surface area contributed by atoms with Crippen LogP contribution in [0.3, 0.4) is 0 Å². The fourth-order valence-electron chi connectivity index (χ4n) is 1.50. The smallest absolute Gasteiger partial charge is 0.214 e. The summed E-state index contributed by atoms with van der Waals surface area (Å²) in [5.74, 6) is 1.39. The first-order valence-corrected chi connectivity index (χ1v) is 5.79. The molecule has 94 valence electrons. The molecule has 4 nitrogen and oxygen atoms in total. The Kier molecular flexibility index (Phi) is 3.89. The molecule has 0 saturated heterocycles. The van der Waals surface area contributed by atoms with Crippen LogP contribution in [0.15, 0.2) is 36.4 Å². The number of anilines is 1. The summed E-state index contributed by atoms with van der Waals surface area (Å²) < 4.78 is 5.03. The monoisotopic (exact) mass is 264 g/mol. The van der Waals surface area contributed by atoms with Crippen molar-refractivity contribution < 1.29 is 9.84 Å². The molecule has 2 N–H and O–H groups in total. The van der Waals surface area contributed by atoms with Gasteiger partial charge in [-0.2, -0.15) is 4.98 Å². The van der Waals surface area contributed by atoms with Gasteiger partial charge < -0.3 is 15.2 Å². The highest BCUT2D eigenvalue weighted by molar-refractivity contribution is 6.30. The Morgan fingerprint density at radius 3 is 2.89 bits per heavy atom. The lowest BCUT2D eigenvalue weighted by atomic mass is 10.2. The van der Waals surface area contributed by atoms with Gasteiger partial charge in [-0.3, -0.25) is 0 Å². The van der Waals surface area contributed by atoms with E-state index in [9.17, 15) is 5.11 Å². The number of ether oxygens (including phenoxy) is 1. The summed E-state index contributed by atoms with van der Waals surface area (Å²) in [4.78, 5) is 4.21. The summed E-state index contributed by atoms with van der Waals surface area (Å²) in [6.07, 6.45) is 0. The normalized spacial score (nSPS) is 10.1. The third-order valence-electron chi connectivity index (χ3n) is 2.44. The average Bonchev–Trinajstić information content (AvgIpc) is 2.38. The zero-order chi connectivity index (χ0) is 13.0. The van der Waals surface area contributed by atoms with Crippen molar-refractivity contribution in [3.8, 4) is 11.6 Å². The van der Waals surface area contributed by atoms with E-state index in [1.807, 2.05) is 12.1 Å². The van der Waals surface area contributed by atoms with E-state index in [2.05, 4.69) is 10.3 Å². The van der Waals surface area contributed by atoms with Gasteiger partial charge in [0, 0.05) is 23.2 Å². The van der Waals surface area contributed by atoms with Crippen LogP contribution in [0.5, 0.6) is 11.6 Å². The van der Waals surface area contributed by atoms with Gasteiger partial charge in [-0.05, 0) is 18.2 Å². The number of nitrogens with zero attached hydrogens (tertiary/aromatic N) is 1. The Morgan fingerprint density at radius 2 is 2.17 bits per heavy atom. The van der Waals surface area contributed by atoms with E-state index in [0.29, 0.717) is 23.3 Å². The minimum absolute atomic E-state index is 0.165. The van der Waals surface area contributed by atoms with Crippen molar-refractivity contribution in [1.82, 2.24) is 4.98 Å². The molecular weight excluding hydrogens is 252 g/mol. The van der Waals surface area contributed by atoms with Gasteiger partial charge in [0.1, 0.15) is 11.6 Å². The van der Waals surface area contributed by atoms with Crippen LogP contribution in [-0.4, -0.2) is 17.2 Å². The van der Waals surface area contributed by atoms with Crippen molar-refractivity contribution >= 4 is 17.4 Å². The van der Waals surface area contributed by atoms with Crippen LogP contribution in [0.2, 0.25) is 5.02 Å². The van der Waals surface area contributed by atoms with E-state index in [1.165, 1.54) is 6.07 Å². The third kappa shape index (κ3) is 3.05. The Bertz CT molecular complexity index is 546. The molecule has 0 aliphatic heterocycles. The molecule has 2 aromatic rings. The summed E-state index contributed by atoms with van der Waals surface area (Å²) in [5, 5.41) is 13.3. The van der Waals surface area contributed by atoms with Gasteiger partial charge in [-0.25, -0.2) is 0 Å². The van der Waals surface area contributed by atoms with Crippen molar-refractivity contribution in [2.45, 2.75) is 6.54 Å². The first-order chi connectivity index (χ1) is 8.69. The maximum Gasteiger partial charge on any atom is 0.214 e. The number of phenols is 1. The SMILES string of the molecule is COc1cccc(NCc2ccc(Cl)cc2O)n1. The highest BCUT2D eigenvalue weighted by Gasteiger charge is 2.03. The maximum atomic E-state index is 9.70. The molecule has 5 heteroatoms. The number of aromatic hydroxyl groups is 1. The van der Waals surface area contributed by atoms with Crippen LogP contribution in [0.25, 0.3) is 0 Å². The number of halogens is 1. The molecule has 0 fully saturated rings. The lowest BCUT2D eigenvalue weighted by Gasteiger charge is -2.08. The number of methoxy groups -OCH3 is 1. The lowest BCUT2D eigenvalue weighted by Crippen LogP contribution is -2.02. The molecule has 0 spiro atoms. The fraction of sp³-hybridized carbons (Fsp3) is 0.154. The van der Waals surface area contributed by atoms with E-state index in [-0.39, 0.29) is 5.75 Å². The van der Waals surface area contributed by atoms with Crippen LogP contribution in [0.1, 0.15) is 5.56 Å². The van der Waals surface area contributed by atoms with E-state index in [4.69, 9.17) is 16.3 Å². The van der Waals surface area contributed by atoms with Crippen LogP contribution < -0.4 is 10.1 Å². The second kappa shape index (κ2) is 5.60. The number of phenolic OH excluding ortho intramolecular Hbond substituents is 1. The minimum Gasteiger partial charge on any atom is -0.508 e. The number of pyridine rings is 1. The van der Waals surface area contributed by atoms with Gasteiger partial charge in [0.15, 0.2) is 0 Å². The van der Waals surface area contributed by atoms with E-state index < -0.39 is 0 Å². The molecule has 1 heterocycles. The molecule has 0 atom stereocenters. The topological polar surface area (TPSA) is 54.4 Å². The standard InChI is InChI=1S/C13H13ClN2O2/c1-18-13-4-2-3-12(16-13)15-8-9-5-6-10(14)7-11(9)17/h2-7,17H,8H2,1H3,(H,15,16). The maximum absolute atomic E-state index is 9.70. The molecule has 0 bridgehead atoms. The van der Waals surface area contributed by atoms with Crippen LogP contribution in [0.4, 0.5) is 5.82 Å². The predicted octanol–water partition coefficient (Wildman–Crippen LogP) is 3.06. The molecule has 1 aromatic carbocycles. The second-order valence-corrected chi connectivity index (χ2v) is 4.13. The summed E-state index contributed by atoms with van der Waals surface area (Å²) in [7, 11) is 1.57. The molecule has 0 aliphatic carbocycles. The van der Waals surface area contributed by atoms with E-state index in [1.54, 1.807) is 25.3 Å². The van der Waals surface area contributed by atoms with Crippen LogP contribution in [0, 0.1) is 0 Å². The molecule has 0 radical (unpaired) electrons. The first-order valence-electron chi connectivity index (χ1n) is 5.41. The van der Waals surface area contributed by atoms with Crippen molar-refractivity contribution in [1.29, 1.82) is 0 Å². The quantitative estimate of drug-likeness (QED) is 0.891. The van der Waals surface area contributed by atoms with Gasteiger partial charge in [0.2, 0.25) is 5.88 Å². The number of benzene rings is 1. The Balaban J connectivity index is 2.06. The number of hydrogen-bond donors (Lipinski definition) is 2.